The molecular weight excluding hydrogens is 252 g/mol. The first-order valence-corrected chi connectivity index (χ1v) is 7.27. The number of carbonyl (C=O) groups is 2. The third-order valence-electron chi connectivity index (χ3n) is 4.53. The van der Waals surface area contributed by atoms with Crippen LogP contribution in [0, 0.1) is 5.41 Å². The molecule has 0 unspecified atom stereocenters. The molecule has 0 aromatic heterocycles. The van der Waals surface area contributed by atoms with Gasteiger partial charge in [0, 0.05) is 13.0 Å². The molecule has 1 N–H and O–H groups in total. The molecule has 4 heteroatoms. The lowest BCUT2D eigenvalue weighted by Crippen LogP contribution is -2.34. The minimum Gasteiger partial charge on any atom is -0.316 e. The summed E-state index contributed by atoms with van der Waals surface area (Å²) >= 11 is 0. The number of rotatable bonds is 3. The van der Waals surface area contributed by atoms with E-state index in [1.807, 2.05) is 31.3 Å². The molecule has 0 atom stereocenters. The highest BCUT2D eigenvalue weighted by atomic mass is 16.2. The lowest BCUT2D eigenvalue weighted by molar-refractivity contribution is -0.125. The Balaban J connectivity index is 1.86. The molecule has 2 amide bonds. The van der Waals surface area contributed by atoms with E-state index in [0.29, 0.717) is 12.1 Å². The number of nitrogens with zero attached hydrogens (tertiary/aromatic N) is 1. The van der Waals surface area contributed by atoms with E-state index in [-0.39, 0.29) is 17.2 Å². The Bertz CT molecular complexity index is 530. The minimum absolute atomic E-state index is 0.0152. The Kier molecular flexibility index (Phi) is 3.34. The van der Waals surface area contributed by atoms with Gasteiger partial charge in [0.15, 0.2) is 0 Å². The summed E-state index contributed by atoms with van der Waals surface area (Å²) in [5, 5.41) is 3.08. The fourth-order valence-electron chi connectivity index (χ4n) is 3.47. The number of imide groups is 1. The number of hydrogen-bond acceptors (Lipinski definition) is 3. The monoisotopic (exact) mass is 272 g/mol. The van der Waals surface area contributed by atoms with E-state index in [9.17, 15) is 9.59 Å². The van der Waals surface area contributed by atoms with Crippen molar-refractivity contribution >= 4 is 17.5 Å². The van der Waals surface area contributed by atoms with Gasteiger partial charge in [0.05, 0.1) is 11.1 Å². The van der Waals surface area contributed by atoms with E-state index in [1.165, 1.54) is 4.90 Å². The first-order chi connectivity index (χ1) is 9.66. The number of anilines is 1. The summed E-state index contributed by atoms with van der Waals surface area (Å²) in [6.07, 6.45) is 4.25. The van der Waals surface area contributed by atoms with Crippen LogP contribution in [0.4, 0.5) is 5.69 Å². The second-order valence-corrected chi connectivity index (χ2v) is 5.90. The van der Waals surface area contributed by atoms with Crippen molar-refractivity contribution in [2.75, 3.05) is 11.9 Å². The maximum Gasteiger partial charge on any atom is 0.240 e. The predicted molar refractivity (Wildman–Crippen MR) is 77.2 cm³/mol. The van der Waals surface area contributed by atoms with Gasteiger partial charge >= 0.3 is 0 Å². The van der Waals surface area contributed by atoms with Crippen LogP contribution in [0.15, 0.2) is 24.3 Å². The van der Waals surface area contributed by atoms with Crippen molar-refractivity contribution in [2.45, 2.75) is 38.6 Å². The number of carbonyl (C=O) groups excluding carboxylic acids is 2. The van der Waals surface area contributed by atoms with Crippen LogP contribution in [0.1, 0.15) is 37.7 Å². The SMILES string of the molecule is CNCc1ccc(N2C(=O)CC3(CCCC3)C2=O)cc1. The molecule has 4 nitrogen and oxygen atoms in total. The van der Waals surface area contributed by atoms with Crippen molar-refractivity contribution in [1.82, 2.24) is 5.32 Å². The van der Waals surface area contributed by atoms with E-state index < -0.39 is 0 Å². The lowest BCUT2D eigenvalue weighted by atomic mass is 9.84. The second kappa shape index (κ2) is 5.02. The van der Waals surface area contributed by atoms with Gasteiger partial charge in [-0.25, -0.2) is 0 Å². The van der Waals surface area contributed by atoms with Gasteiger partial charge in [-0.1, -0.05) is 25.0 Å². The summed E-state index contributed by atoms with van der Waals surface area (Å²) in [7, 11) is 1.89. The molecule has 1 spiro atoms. The third-order valence-corrected chi connectivity index (χ3v) is 4.53. The predicted octanol–water partition coefficient (Wildman–Crippen LogP) is 2.23. The van der Waals surface area contributed by atoms with Crippen LogP contribution in [0.3, 0.4) is 0 Å². The Morgan fingerprint density at radius 2 is 1.80 bits per heavy atom. The van der Waals surface area contributed by atoms with Gasteiger partial charge in [0.2, 0.25) is 11.8 Å². The minimum atomic E-state index is -0.388. The van der Waals surface area contributed by atoms with Crippen molar-refractivity contribution in [3.05, 3.63) is 29.8 Å². The number of amides is 2. The summed E-state index contributed by atoms with van der Waals surface area (Å²) in [4.78, 5) is 26.3. The largest absolute Gasteiger partial charge is 0.316 e. The summed E-state index contributed by atoms with van der Waals surface area (Å²) in [6.45, 7) is 0.784. The first kappa shape index (κ1) is 13.3. The van der Waals surface area contributed by atoms with Crippen LogP contribution < -0.4 is 10.2 Å². The second-order valence-electron chi connectivity index (χ2n) is 5.90. The zero-order valence-corrected chi connectivity index (χ0v) is 11.8. The van der Waals surface area contributed by atoms with Gasteiger partial charge in [0.1, 0.15) is 0 Å². The molecule has 2 aliphatic rings. The Morgan fingerprint density at radius 3 is 2.40 bits per heavy atom. The van der Waals surface area contributed by atoms with Gasteiger partial charge in [-0.05, 0) is 37.6 Å². The molecule has 1 saturated heterocycles. The molecule has 1 aliphatic carbocycles. The van der Waals surface area contributed by atoms with Crippen LogP contribution in [-0.4, -0.2) is 18.9 Å². The highest BCUT2D eigenvalue weighted by molar-refractivity contribution is 6.22. The van der Waals surface area contributed by atoms with E-state index in [1.54, 1.807) is 0 Å². The quantitative estimate of drug-likeness (QED) is 0.858. The standard InChI is InChI=1S/C16H20N2O2/c1-17-11-12-4-6-13(7-5-12)18-14(19)10-16(15(18)20)8-2-3-9-16/h4-7,17H,2-3,8-11H2,1H3. The molecule has 3 rings (SSSR count). The zero-order valence-electron chi connectivity index (χ0n) is 11.8. The molecule has 1 aliphatic heterocycles. The number of benzene rings is 1. The topological polar surface area (TPSA) is 49.4 Å². The molecule has 2 fully saturated rings. The molecule has 0 radical (unpaired) electrons. The summed E-state index contributed by atoms with van der Waals surface area (Å²) in [5.41, 5.74) is 1.47. The molecule has 106 valence electrons. The van der Waals surface area contributed by atoms with Gasteiger partial charge in [-0.2, -0.15) is 0 Å². The van der Waals surface area contributed by atoms with Gasteiger partial charge in [-0.3, -0.25) is 14.5 Å². The highest BCUT2D eigenvalue weighted by Gasteiger charge is 2.52. The van der Waals surface area contributed by atoms with E-state index in [0.717, 1.165) is 37.8 Å². The van der Waals surface area contributed by atoms with E-state index in [4.69, 9.17) is 0 Å². The summed E-state index contributed by atoms with van der Waals surface area (Å²) in [5.74, 6) is -0.0281. The smallest absolute Gasteiger partial charge is 0.240 e. The van der Waals surface area contributed by atoms with E-state index >= 15 is 0 Å². The van der Waals surface area contributed by atoms with Crippen LogP contribution in [0.2, 0.25) is 0 Å². The Hall–Kier alpha value is -1.68. The summed E-state index contributed by atoms with van der Waals surface area (Å²) in [6, 6.07) is 7.67. The molecular formula is C16H20N2O2. The van der Waals surface area contributed by atoms with Gasteiger partial charge in [0.25, 0.3) is 0 Å². The molecule has 1 aromatic rings. The lowest BCUT2D eigenvalue weighted by Gasteiger charge is -2.21. The Labute approximate surface area is 119 Å². The fourth-order valence-corrected chi connectivity index (χ4v) is 3.47. The molecule has 0 bridgehead atoms. The molecule has 1 aromatic carbocycles. The molecule has 1 saturated carbocycles. The van der Waals surface area contributed by atoms with Crippen molar-refractivity contribution in [1.29, 1.82) is 0 Å². The van der Waals surface area contributed by atoms with Crippen LogP contribution >= 0.6 is 0 Å². The average Bonchev–Trinajstić information content (AvgIpc) is 2.99. The number of hydrogen-bond donors (Lipinski definition) is 1. The zero-order chi connectivity index (χ0) is 14.2. The van der Waals surface area contributed by atoms with Crippen molar-refractivity contribution in [3.8, 4) is 0 Å². The maximum atomic E-state index is 12.6. The third kappa shape index (κ3) is 2.04. The van der Waals surface area contributed by atoms with Gasteiger partial charge < -0.3 is 5.32 Å². The molecule has 1 heterocycles. The van der Waals surface area contributed by atoms with Crippen molar-refractivity contribution in [2.24, 2.45) is 5.41 Å². The van der Waals surface area contributed by atoms with Crippen LogP contribution in [0.25, 0.3) is 0 Å². The molecule has 20 heavy (non-hydrogen) atoms. The van der Waals surface area contributed by atoms with Gasteiger partial charge in [-0.15, -0.1) is 0 Å². The fraction of sp³-hybridized carbons (Fsp3) is 0.500. The van der Waals surface area contributed by atoms with Crippen molar-refractivity contribution in [3.63, 3.8) is 0 Å². The van der Waals surface area contributed by atoms with Crippen molar-refractivity contribution < 1.29 is 9.59 Å². The average molecular weight is 272 g/mol. The highest BCUT2D eigenvalue weighted by Crippen LogP contribution is 2.47. The maximum absolute atomic E-state index is 12.6. The number of nitrogens with one attached hydrogen (secondary N) is 1. The summed E-state index contributed by atoms with van der Waals surface area (Å²) < 4.78 is 0. The first-order valence-electron chi connectivity index (χ1n) is 7.27. The van der Waals surface area contributed by atoms with Crippen LogP contribution in [-0.2, 0) is 16.1 Å². The Morgan fingerprint density at radius 1 is 1.15 bits per heavy atom. The van der Waals surface area contributed by atoms with Crippen LogP contribution in [0.5, 0.6) is 0 Å². The normalized spacial score (nSPS) is 21.1. The van der Waals surface area contributed by atoms with E-state index in [2.05, 4.69) is 5.32 Å².